The third-order valence-electron chi connectivity index (χ3n) is 3.81. The van der Waals surface area contributed by atoms with Crippen molar-refractivity contribution in [2.45, 2.75) is 45.4 Å². The number of carbonyl (C=O) groups excluding carboxylic acids is 2. The van der Waals surface area contributed by atoms with Crippen molar-refractivity contribution in [3.63, 3.8) is 0 Å². The van der Waals surface area contributed by atoms with Crippen LogP contribution in [0.15, 0.2) is 11.3 Å². The molecule has 2 atom stereocenters. The van der Waals surface area contributed by atoms with E-state index in [-0.39, 0.29) is 28.0 Å². The fourth-order valence-electron chi connectivity index (χ4n) is 2.58. The molecule has 1 N–H and O–H groups in total. The van der Waals surface area contributed by atoms with Crippen molar-refractivity contribution >= 4 is 22.7 Å². The number of carbonyl (C=O) groups is 2. The number of aliphatic hydroxyl groups is 1. The van der Waals surface area contributed by atoms with Crippen LogP contribution in [0.3, 0.4) is 0 Å². The second kappa shape index (κ2) is 5.91. The number of Topliss-reactive ketones (excluding diaryl/α,β-unsaturated/α-hetero) is 1. The first-order chi connectivity index (χ1) is 8.63. The predicted molar refractivity (Wildman–Crippen MR) is 72.5 cm³/mol. The van der Waals surface area contributed by atoms with E-state index in [2.05, 4.69) is 6.92 Å². The minimum absolute atomic E-state index is 0.0156. The molecular formula is C14H20O3S. The Morgan fingerprint density at radius 2 is 2.17 bits per heavy atom. The van der Waals surface area contributed by atoms with Gasteiger partial charge in [-0.2, -0.15) is 0 Å². The van der Waals surface area contributed by atoms with E-state index in [0.717, 1.165) is 18.2 Å². The van der Waals surface area contributed by atoms with Gasteiger partial charge in [0, 0.05) is 6.42 Å². The first kappa shape index (κ1) is 13.7. The van der Waals surface area contributed by atoms with Gasteiger partial charge in [-0.25, -0.2) is 0 Å². The summed E-state index contributed by atoms with van der Waals surface area (Å²) in [6.07, 6.45) is 6.50. The summed E-state index contributed by atoms with van der Waals surface area (Å²) in [5, 5.41) is 9.27. The van der Waals surface area contributed by atoms with Gasteiger partial charge in [-0.3, -0.25) is 9.59 Å². The highest BCUT2D eigenvalue weighted by molar-refractivity contribution is 8.14. The summed E-state index contributed by atoms with van der Waals surface area (Å²) in [6.45, 7) is 2.19. The largest absolute Gasteiger partial charge is 0.510 e. The van der Waals surface area contributed by atoms with Crippen LogP contribution in [0.1, 0.15) is 45.4 Å². The normalized spacial score (nSPS) is 26.8. The maximum atomic E-state index is 11.9. The van der Waals surface area contributed by atoms with Gasteiger partial charge in [0.1, 0.15) is 11.3 Å². The lowest BCUT2D eigenvalue weighted by atomic mass is 10.0. The van der Waals surface area contributed by atoms with Gasteiger partial charge in [0.25, 0.3) is 0 Å². The Kier molecular flexibility index (Phi) is 4.49. The zero-order valence-electron chi connectivity index (χ0n) is 10.8. The van der Waals surface area contributed by atoms with Crippen LogP contribution >= 0.6 is 11.8 Å². The molecule has 0 aromatic carbocycles. The van der Waals surface area contributed by atoms with Gasteiger partial charge in [0.05, 0.1) is 5.75 Å². The molecule has 0 aromatic heterocycles. The molecular weight excluding hydrogens is 248 g/mol. The first-order valence-electron chi connectivity index (χ1n) is 6.76. The van der Waals surface area contributed by atoms with Crippen molar-refractivity contribution in [2.75, 3.05) is 5.75 Å². The average molecular weight is 268 g/mol. The first-order valence-corrected chi connectivity index (χ1v) is 7.74. The van der Waals surface area contributed by atoms with Crippen LogP contribution in [-0.2, 0) is 9.59 Å². The van der Waals surface area contributed by atoms with Gasteiger partial charge in [-0.05, 0) is 18.3 Å². The van der Waals surface area contributed by atoms with Gasteiger partial charge in [0.2, 0.25) is 5.12 Å². The van der Waals surface area contributed by atoms with Gasteiger partial charge in [-0.1, -0.05) is 44.4 Å². The number of thioether (sulfide) groups is 1. The van der Waals surface area contributed by atoms with Gasteiger partial charge >= 0.3 is 0 Å². The SMILES string of the molecule is CCCCCC1CC1CC(=O)C1=C(O)CSC1=O. The second-order valence-corrected chi connectivity index (χ2v) is 6.22. The zero-order chi connectivity index (χ0) is 13.1. The van der Waals surface area contributed by atoms with Gasteiger partial charge in [-0.15, -0.1) is 0 Å². The quantitative estimate of drug-likeness (QED) is 0.569. The summed E-state index contributed by atoms with van der Waals surface area (Å²) in [5.41, 5.74) is 0.0687. The van der Waals surface area contributed by atoms with Gasteiger partial charge in [0.15, 0.2) is 5.78 Å². The molecule has 0 amide bonds. The van der Waals surface area contributed by atoms with Crippen molar-refractivity contribution in [3.05, 3.63) is 11.3 Å². The summed E-state index contributed by atoms with van der Waals surface area (Å²) in [4.78, 5) is 23.4. The molecule has 1 aliphatic carbocycles. The Hall–Kier alpha value is -0.770. The summed E-state index contributed by atoms with van der Waals surface area (Å²) in [5.74, 6) is 1.23. The van der Waals surface area contributed by atoms with E-state index in [0.29, 0.717) is 18.3 Å². The Labute approximate surface area is 112 Å². The third-order valence-corrected chi connectivity index (χ3v) is 4.69. The molecule has 1 fully saturated rings. The van der Waals surface area contributed by atoms with Crippen LogP contribution in [0.4, 0.5) is 0 Å². The highest BCUT2D eigenvalue weighted by atomic mass is 32.2. The molecule has 1 heterocycles. The Bertz CT molecular complexity index is 387. The number of unbranched alkanes of at least 4 members (excludes halogenated alkanes) is 2. The lowest BCUT2D eigenvalue weighted by molar-refractivity contribution is -0.118. The van der Waals surface area contributed by atoms with Crippen molar-refractivity contribution in [1.29, 1.82) is 0 Å². The van der Waals surface area contributed by atoms with E-state index in [4.69, 9.17) is 0 Å². The molecule has 0 saturated heterocycles. The molecule has 18 heavy (non-hydrogen) atoms. The smallest absolute Gasteiger partial charge is 0.226 e. The number of aliphatic hydroxyl groups excluding tert-OH is 1. The van der Waals surface area contributed by atoms with E-state index in [9.17, 15) is 14.7 Å². The standard InChI is InChI=1S/C14H20O3S/c1-2-3-4-5-9-6-10(9)7-11(15)13-12(16)8-18-14(13)17/h9-10,16H,2-8H2,1H3. The lowest BCUT2D eigenvalue weighted by Crippen LogP contribution is -2.10. The molecule has 0 spiro atoms. The highest BCUT2D eigenvalue weighted by Crippen LogP contribution is 2.45. The molecule has 0 bridgehead atoms. The fraction of sp³-hybridized carbons (Fsp3) is 0.714. The molecule has 0 aromatic rings. The molecule has 2 rings (SSSR count). The van der Waals surface area contributed by atoms with Crippen molar-refractivity contribution in [3.8, 4) is 0 Å². The van der Waals surface area contributed by atoms with E-state index >= 15 is 0 Å². The van der Waals surface area contributed by atoms with E-state index in [1.54, 1.807) is 0 Å². The molecule has 0 radical (unpaired) electrons. The molecule has 1 aliphatic heterocycles. The minimum Gasteiger partial charge on any atom is -0.510 e. The lowest BCUT2D eigenvalue weighted by Gasteiger charge is -2.01. The van der Waals surface area contributed by atoms with Crippen molar-refractivity contribution in [2.24, 2.45) is 11.8 Å². The number of hydrogen-bond donors (Lipinski definition) is 1. The van der Waals surface area contributed by atoms with Crippen LogP contribution in [0.25, 0.3) is 0 Å². The number of rotatable bonds is 7. The summed E-state index contributed by atoms with van der Waals surface area (Å²) in [6, 6.07) is 0. The van der Waals surface area contributed by atoms with Crippen LogP contribution < -0.4 is 0 Å². The predicted octanol–water partition coefficient (Wildman–Crippen LogP) is 3.25. The van der Waals surface area contributed by atoms with Gasteiger partial charge < -0.3 is 5.11 Å². The van der Waals surface area contributed by atoms with E-state index < -0.39 is 0 Å². The van der Waals surface area contributed by atoms with E-state index in [1.807, 2.05) is 0 Å². The zero-order valence-corrected chi connectivity index (χ0v) is 11.6. The topological polar surface area (TPSA) is 54.4 Å². The summed E-state index contributed by atoms with van der Waals surface area (Å²) in [7, 11) is 0. The molecule has 2 unspecified atom stereocenters. The number of ketones is 1. The fourth-order valence-corrected chi connectivity index (χ4v) is 3.37. The van der Waals surface area contributed by atoms with Crippen molar-refractivity contribution in [1.82, 2.24) is 0 Å². The molecule has 3 nitrogen and oxygen atoms in total. The second-order valence-electron chi connectivity index (χ2n) is 5.28. The average Bonchev–Trinajstić information content (AvgIpc) is 2.96. The van der Waals surface area contributed by atoms with E-state index in [1.165, 1.54) is 25.7 Å². The van der Waals surface area contributed by atoms with Crippen LogP contribution in [0, 0.1) is 11.8 Å². The third kappa shape index (κ3) is 3.16. The van der Waals surface area contributed by atoms with Crippen molar-refractivity contribution < 1.29 is 14.7 Å². The highest BCUT2D eigenvalue weighted by Gasteiger charge is 2.40. The summed E-state index contributed by atoms with van der Waals surface area (Å²) >= 11 is 1.02. The monoisotopic (exact) mass is 268 g/mol. The van der Waals surface area contributed by atoms with Crippen LogP contribution in [0.2, 0.25) is 0 Å². The summed E-state index contributed by atoms with van der Waals surface area (Å²) < 4.78 is 0. The maximum Gasteiger partial charge on any atom is 0.226 e. The Morgan fingerprint density at radius 1 is 1.39 bits per heavy atom. The molecule has 1 saturated carbocycles. The molecule has 100 valence electrons. The maximum absolute atomic E-state index is 11.9. The molecule has 2 aliphatic rings. The minimum atomic E-state index is -0.249. The van der Waals surface area contributed by atoms with Crippen LogP contribution in [-0.4, -0.2) is 21.8 Å². The van der Waals surface area contributed by atoms with Crippen LogP contribution in [0.5, 0.6) is 0 Å². The Morgan fingerprint density at radius 3 is 2.78 bits per heavy atom. The number of hydrogen-bond acceptors (Lipinski definition) is 4. The Balaban J connectivity index is 1.77. The molecule has 4 heteroatoms.